The summed E-state index contributed by atoms with van der Waals surface area (Å²) in [5.74, 6) is 0. The van der Waals surface area contributed by atoms with Crippen LogP contribution < -0.4 is 5.32 Å². The third-order valence-electron chi connectivity index (χ3n) is 3.45. The van der Waals surface area contributed by atoms with Gasteiger partial charge in [-0.3, -0.25) is 4.90 Å². The lowest BCUT2D eigenvalue weighted by Gasteiger charge is -2.28. The molecular weight excluding hydrogens is 312 g/mol. The van der Waals surface area contributed by atoms with Gasteiger partial charge in [0.25, 0.3) is 0 Å². The van der Waals surface area contributed by atoms with Crippen LogP contribution in [0.15, 0.2) is 22.7 Å². The summed E-state index contributed by atoms with van der Waals surface area (Å²) in [5, 5.41) is 4.23. The van der Waals surface area contributed by atoms with Crippen molar-refractivity contribution in [3.8, 4) is 0 Å². The van der Waals surface area contributed by atoms with Gasteiger partial charge in [-0.2, -0.15) is 0 Å². The Hall–Kier alpha value is -0.0900. The van der Waals surface area contributed by atoms with Gasteiger partial charge in [-0.15, -0.1) is 0 Å². The van der Waals surface area contributed by atoms with Crippen LogP contribution in [0.5, 0.6) is 0 Å². The van der Waals surface area contributed by atoms with Gasteiger partial charge in [-0.1, -0.05) is 40.5 Å². The minimum absolute atomic E-state index is 0.674. The first-order chi connectivity index (χ1) is 8.70. The molecule has 0 saturated carbocycles. The fourth-order valence-corrected chi connectivity index (χ4v) is 3.31. The number of nitrogens with one attached hydrogen (secondary N) is 1. The molecule has 0 aromatic heterocycles. The number of hydrogen-bond donors (Lipinski definition) is 1. The van der Waals surface area contributed by atoms with E-state index in [9.17, 15) is 0 Å². The van der Waals surface area contributed by atoms with Crippen LogP contribution in [-0.4, -0.2) is 30.6 Å². The van der Waals surface area contributed by atoms with Gasteiger partial charge in [0, 0.05) is 28.6 Å². The van der Waals surface area contributed by atoms with Crippen LogP contribution in [-0.2, 0) is 6.54 Å². The first-order valence-corrected chi connectivity index (χ1v) is 7.76. The zero-order valence-corrected chi connectivity index (χ0v) is 13.1. The van der Waals surface area contributed by atoms with Crippen molar-refractivity contribution in [1.29, 1.82) is 0 Å². The van der Waals surface area contributed by atoms with Crippen molar-refractivity contribution in [1.82, 2.24) is 10.2 Å². The Morgan fingerprint density at radius 1 is 1.50 bits per heavy atom. The van der Waals surface area contributed by atoms with E-state index in [1.165, 1.54) is 18.4 Å². The Morgan fingerprint density at radius 3 is 2.94 bits per heavy atom. The van der Waals surface area contributed by atoms with Crippen molar-refractivity contribution in [2.24, 2.45) is 0 Å². The maximum Gasteiger partial charge on any atom is 0.0417 e. The SMILES string of the molecule is CCCN(Cc1ccc(Cl)cc1Br)C1CCNC1. The van der Waals surface area contributed by atoms with Gasteiger partial charge in [0.2, 0.25) is 0 Å². The number of benzene rings is 1. The van der Waals surface area contributed by atoms with Crippen LogP contribution in [0, 0.1) is 0 Å². The maximum absolute atomic E-state index is 5.99. The van der Waals surface area contributed by atoms with Crippen molar-refractivity contribution in [2.45, 2.75) is 32.4 Å². The molecule has 0 bridgehead atoms. The molecule has 1 aromatic carbocycles. The van der Waals surface area contributed by atoms with Crippen LogP contribution in [0.1, 0.15) is 25.3 Å². The molecule has 1 aliphatic heterocycles. The molecule has 1 fully saturated rings. The number of nitrogens with zero attached hydrogens (tertiary/aromatic N) is 1. The molecule has 1 atom stereocenters. The van der Waals surface area contributed by atoms with Crippen molar-refractivity contribution >= 4 is 27.5 Å². The van der Waals surface area contributed by atoms with Gasteiger partial charge in [-0.05, 0) is 43.6 Å². The summed E-state index contributed by atoms with van der Waals surface area (Å²) in [6.45, 7) is 6.66. The zero-order valence-electron chi connectivity index (χ0n) is 10.8. The van der Waals surface area contributed by atoms with E-state index in [-0.39, 0.29) is 0 Å². The van der Waals surface area contributed by atoms with Crippen molar-refractivity contribution in [2.75, 3.05) is 19.6 Å². The highest BCUT2D eigenvalue weighted by Crippen LogP contribution is 2.24. The molecule has 1 aliphatic rings. The summed E-state index contributed by atoms with van der Waals surface area (Å²) in [7, 11) is 0. The smallest absolute Gasteiger partial charge is 0.0417 e. The number of halogens is 2. The van der Waals surface area contributed by atoms with Crippen molar-refractivity contribution in [3.05, 3.63) is 33.3 Å². The standard InChI is InChI=1S/C14H20BrClN2/c1-2-7-18(13-5-6-17-9-13)10-11-3-4-12(16)8-14(11)15/h3-4,8,13,17H,2,5-7,9-10H2,1H3. The molecule has 2 rings (SSSR count). The lowest BCUT2D eigenvalue weighted by molar-refractivity contribution is 0.199. The summed E-state index contributed by atoms with van der Waals surface area (Å²) < 4.78 is 1.11. The zero-order chi connectivity index (χ0) is 13.0. The van der Waals surface area contributed by atoms with Crippen molar-refractivity contribution in [3.63, 3.8) is 0 Å². The predicted octanol–water partition coefficient (Wildman–Crippen LogP) is 3.68. The van der Waals surface area contributed by atoms with Crippen LogP contribution in [0.2, 0.25) is 5.02 Å². The van der Waals surface area contributed by atoms with E-state index in [2.05, 4.69) is 39.1 Å². The van der Waals surface area contributed by atoms with E-state index < -0.39 is 0 Å². The molecule has 1 unspecified atom stereocenters. The molecule has 1 heterocycles. The molecule has 100 valence electrons. The molecule has 0 spiro atoms. The van der Waals surface area contributed by atoms with Crippen LogP contribution in [0.4, 0.5) is 0 Å². The molecule has 18 heavy (non-hydrogen) atoms. The average molecular weight is 332 g/mol. The lowest BCUT2D eigenvalue weighted by atomic mass is 10.1. The van der Waals surface area contributed by atoms with Gasteiger partial charge >= 0.3 is 0 Å². The molecular formula is C14H20BrClN2. The molecule has 1 N–H and O–H groups in total. The van der Waals surface area contributed by atoms with Crippen LogP contribution >= 0.6 is 27.5 Å². The van der Waals surface area contributed by atoms with E-state index in [4.69, 9.17) is 11.6 Å². The third-order valence-corrected chi connectivity index (χ3v) is 4.42. The quantitative estimate of drug-likeness (QED) is 0.885. The highest BCUT2D eigenvalue weighted by atomic mass is 79.9. The Bertz CT molecular complexity index is 391. The molecule has 2 nitrogen and oxygen atoms in total. The van der Waals surface area contributed by atoms with Gasteiger partial charge in [0.05, 0.1) is 0 Å². The third kappa shape index (κ3) is 3.70. The molecule has 4 heteroatoms. The second-order valence-corrected chi connectivity index (χ2v) is 6.14. The van der Waals surface area contributed by atoms with Gasteiger partial charge < -0.3 is 5.32 Å². The lowest BCUT2D eigenvalue weighted by Crippen LogP contribution is -2.37. The Morgan fingerprint density at radius 2 is 2.33 bits per heavy atom. The summed E-state index contributed by atoms with van der Waals surface area (Å²) in [6, 6.07) is 6.75. The highest BCUT2D eigenvalue weighted by molar-refractivity contribution is 9.10. The van der Waals surface area contributed by atoms with Crippen LogP contribution in [0.25, 0.3) is 0 Å². The van der Waals surface area contributed by atoms with E-state index >= 15 is 0 Å². The van der Waals surface area contributed by atoms with E-state index in [0.29, 0.717) is 6.04 Å². The molecule has 0 amide bonds. The number of rotatable bonds is 5. The second kappa shape index (κ2) is 6.90. The van der Waals surface area contributed by atoms with Gasteiger partial charge in [0.1, 0.15) is 0 Å². The fourth-order valence-electron chi connectivity index (χ4n) is 2.50. The Balaban J connectivity index is 2.07. The number of hydrogen-bond acceptors (Lipinski definition) is 2. The maximum atomic E-state index is 5.99. The summed E-state index contributed by atoms with van der Waals surface area (Å²) in [6.07, 6.45) is 2.45. The molecule has 1 aromatic rings. The average Bonchev–Trinajstić information content (AvgIpc) is 2.85. The first kappa shape index (κ1) is 14.3. The molecule has 0 radical (unpaired) electrons. The summed E-state index contributed by atoms with van der Waals surface area (Å²) >= 11 is 9.60. The normalized spacial score (nSPS) is 19.7. The molecule has 0 aliphatic carbocycles. The Kier molecular flexibility index (Phi) is 5.49. The Labute approximate surface area is 123 Å². The first-order valence-electron chi connectivity index (χ1n) is 6.59. The monoisotopic (exact) mass is 330 g/mol. The summed E-state index contributed by atoms with van der Waals surface area (Å²) in [5.41, 5.74) is 1.32. The minimum atomic E-state index is 0.674. The van der Waals surface area contributed by atoms with Crippen LogP contribution in [0.3, 0.4) is 0 Å². The second-order valence-electron chi connectivity index (χ2n) is 4.85. The highest BCUT2D eigenvalue weighted by Gasteiger charge is 2.22. The van der Waals surface area contributed by atoms with Gasteiger partial charge in [-0.25, -0.2) is 0 Å². The largest absolute Gasteiger partial charge is 0.315 e. The fraction of sp³-hybridized carbons (Fsp3) is 0.571. The van der Waals surface area contributed by atoms with Gasteiger partial charge in [0.15, 0.2) is 0 Å². The van der Waals surface area contributed by atoms with E-state index in [0.717, 1.165) is 35.7 Å². The molecule has 1 saturated heterocycles. The van der Waals surface area contributed by atoms with Crippen molar-refractivity contribution < 1.29 is 0 Å². The predicted molar refractivity (Wildman–Crippen MR) is 81.1 cm³/mol. The van der Waals surface area contributed by atoms with E-state index in [1.807, 2.05) is 12.1 Å². The minimum Gasteiger partial charge on any atom is -0.315 e. The van der Waals surface area contributed by atoms with E-state index in [1.54, 1.807) is 0 Å². The topological polar surface area (TPSA) is 15.3 Å². The summed E-state index contributed by atoms with van der Waals surface area (Å²) in [4.78, 5) is 2.58.